The molecule has 0 atom stereocenters. The number of halogens is 1. The summed E-state index contributed by atoms with van der Waals surface area (Å²) in [4.78, 5) is 11.8. The van der Waals surface area contributed by atoms with Crippen molar-refractivity contribution in [3.63, 3.8) is 0 Å². The molecule has 0 saturated carbocycles. The fourth-order valence-corrected chi connectivity index (χ4v) is 1.96. The van der Waals surface area contributed by atoms with Crippen molar-refractivity contribution in [1.82, 2.24) is 5.32 Å². The van der Waals surface area contributed by atoms with Crippen LogP contribution < -0.4 is 17.7 Å². The van der Waals surface area contributed by atoms with Crippen LogP contribution in [-0.4, -0.2) is 37.6 Å². The number of hydrogen-bond acceptors (Lipinski definition) is 1. The van der Waals surface area contributed by atoms with E-state index in [4.69, 9.17) is 0 Å². The molecule has 0 unspecified atom stereocenters. The second-order valence-electron chi connectivity index (χ2n) is 5.92. The molecule has 0 aliphatic heterocycles. The largest absolute Gasteiger partial charge is 1.00 e. The van der Waals surface area contributed by atoms with Gasteiger partial charge in [-0.1, -0.05) is 33.1 Å². The number of quaternary nitrogens is 1. The number of carbonyl (C=O) groups is 1. The van der Waals surface area contributed by atoms with Gasteiger partial charge in [-0.3, -0.25) is 9.28 Å². The Kier molecular flexibility index (Phi) is 13.3. The molecule has 0 fully saturated rings. The van der Waals surface area contributed by atoms with Gasteiger partial charge >= 0.3 is 0 Å². The molecule has 0 bridgehead atoms. The van der Waals surface area contributed by atoms with E-state index in [0.717, 1.165) is 36.1 Å². The van der Waals surface area contributed by atoms with Crippen LogP contribution in [0, 0.1) is 0 Å². The van der Waals surface area contributed by atoms with E-state index in [9.17, 15) is 4.79 Å². The Labute approximate surface area is 131 Å². The van der Waals surface area contributed by atoms with Crippen LogP contribution in [0.15, 0.2) is 12.3 Å². The van der Waals surface area contributed by atoms with Crippen molar-refractivity contribution >= 4 is 5.91 Å². The average molecular weight is 305 g/mol. The fourth-order valence-electron chi connectivity index (χ4n) is 1.96. The summed E-state index contributed by atoms with van der Waals surface area (Å²) in [5.41, 5.74) is 1.01. The maximum atomic E-state index is 11.8. The lowest BCUT2D eigenvalue weighted by Gasteiger charge is -2.31. The Balaban J connectivity index is 0. The van der Waals surface area contributed by atoms with Crippen molar-refractivity contribution in [3.05, 3.63) is 12.3 Å². The summed E-state index contributed by atoms with van der Waals surface area (Å²) in [7, 11) is 4.29. The normalized spacial score (nSPS) is 10.8. The van der Waals surface area contributed by atoms with E-state index in [1.807, 2.05) is 0 Å². The van der Waals surface area contributed by atoms with Crippen LogP contribution in [0.5, 0.6) is 0 Å². The van der Waals surface area contributed by atoms with Crippen LogP contribution >= 0.6 is 0 Å². The molecule has 0 aromatic heterocycles. The molecule has 0 radical (unpaired) electrons. The Morgan fingerprint density at radius 2 is 1.65 bits per heavy atom. The first-order valence-corrected chi connectivity index (χ1v) is 7.72. The number of amides is 1. The van der Waals surface area contributed by atoms with Crippen LogP contribution in [0.3, 0.4) is 0 Å². The molecule has 0 aromatic carbocycles. The van der Waals surface area contributed by atoms with Gasteiger partial charge in [0.25, 0.3) is 0 Å². The molecule has 120 valence electrons. The van der Waals surface area contributed by atoms with Gasteiger partial charge in [0, 0.05) is 6.54 Å². The molecule has 1 N–H and O–H groups in total. The molecule has 0 saturated heterocycles. The monoisotopic (exact) mass is 304 g/mol. The highest BCUT2D eigenvalue weighted by Gasteiger charge is 2.21. The minimum Gasteiger partial charge on any atom is -1.00 e. The highest BCUT2D eigenvalue weighted by Crippen LogP contribution is 2.15. The third-order valence-electron chi connectivity index (χ3n) is 3.64. The van der Waals surface area contributed by atoms with Gasteiger partial charge < -0.3 is 17.7 Å². The van der Waals surface area contributed by atoms with Crippen molar-refractivity contribution in [3.8, 4) is 0 Å². The van der Waals surface area contributed by atoms with Crippen molar-refractivity contribution in [2.24, 2.45) is 0 Å². The molecule has 0 rings (SSSR count). The Morgan fingerprint density at radius 3 is 2.20 bits per heavy atom. The van der Waals surface area contributed by atoms with E-state index >= 15 is 0 Å². The standard InChI is InChI=1S/C16H32N2O.ClH/c1-6-8-10-11-13-18(4,5)15(3)14-16(19)17-12-9-7-2;/h3,6-14H2,1-2,4-5H3;1H. The summed E-state index contributed by atoms with van der Waals surface area (Å²) in [5.74, 6) is 0.109. The number of nitrogens with one attached hydrogen (secondary N) is 1. The van der Waals surface area contributed by atoms with E-state index in [0.29, 0.717) is 6.42 Å². The maximum Gasteiger partial charge on any atom is 0.229 e. The molecule has 0 aromatic rings. The van der Waals surface area contributed by atoms with Crippen molar-refractivity contribution in [2.75, 3.05) is 27.2 Å². The molecule has 0 aliphatic carbocycles. The lowest BCUT2D eigenvalue weighted by Crippen LogP contribution is -3.00. The fraction of sp³-hybridized carbons (Fsp3) is 0.812. The Morgan fingerprint density at radius 1 is 1.05 bits per heavy atom. The highest BCUT2D eigenvalue weighted by atomic mass is 35.5. The van der Waals surface area contributed by atoms with Crippen LogP contribution in [0.2, 0.25) is 0 Å². The van der Waals surface area contributed by atoms with Gasteiger partial charge in [0.05, 0.1) is 20.6 Å². The van der Waals surface area contributed by atoms with Gasteiger partial charge in [-0.05, 0) is 25.8 Å². The highest BCUT2D eigenvalue weighted by molar-refractivity contribution is 5.77. The Hall–Kier alpha value is -0.540. The van der Waals surface area contributed by atoms with Crippen molar-refractivity contribution < 1.29 is 21.7 Å². The summed E-state index contributed by atoms with van der Waals surface area (Å²) < 4.78 is 0.755. The van der Waals surface area contributed by atoms with Crippen LogP contribution in [0.4, 0.5) is 0 Å². The van der Waals surface area contributed by atoms with E-state index in [-0.39, 0.29) is 18.3 Å². The van der Waals surface area contributed by atoms with Crippen molar-refractivity contribution in [2.45, 2.75) is 58.8 Å². The zero-order chi connectivity index (χ0) is 14.7. The van der Waals surface area contributed by atoms with Gasteiger partial charge in [-0.25, -0.2) is 0 Å². The van der Waals surface area contributed by atoms with Gasteiger partial charge in [-0.15, -0.1) is 0 Å². The minimum atomic E-state index is 0. The van der Waals surface area contributed by atoms with E-state index in [2.05, 4.69) is 39.8 Å². The van der Waals surface area contributed by atoms with Crippen LogP contribution in [0.25, 0.3) is 0 Å². The maximum absolute atomic E-state index is 11.8. The molecular formula is C16H33ClN2O. The van der Waals surface area contributed by atoms with E-state index in [1.165, 1.54) is 25.7 Å². The summed E-state index contributed by atoms with van der Waals surface area (Å²) >= 11 is 0. The van der Waals surface area contributed by atoms with Crippen LogP contribution in [-0.2, 0) is 4.79 Å². The Bertz CT molecular complexity index is 278. The zero-order valence-electron chi connectivity index (χ0n) is 13.8. The van der Waals surface area contributed by atoms with Crippen LogP contribution in [0.1, 0.15) is 58.8 Å². The van der Waals surface area contributed by atoms with Gasteiger partial charge in [0.15, 0.2) is 0 Å². The zero-order valence-corrected chi connectivity index (χ0v) is 14.6. The summed E-state index contributed by atoms with van der Waals surface area (Å²) in [5, 5.41) is 2.95. The first-order valence-electron chi connectivity index (χ1n) is 7.72. The first-order chi connectivity index (χ1) is 8.94. The number of carbonyl (C=O) groups excluding carboxylic acids is 1. The topological polar surface area (TPSA) is 29.1 Å². The third kappa shape index (κ3) is 10.3. The lowest BCUT2D eigenvalue weighted by atomic mass is 10.1. The molecule has 0 heterocycles. The van der Waals surface area contributed by atoms with Gasteiger partial charge in [-0.2, -0.15) is 0 Å². The second kappa shape index (κ2) is 12.2. The predicted molar refractivity (Wildman–Crippen MR) is 82.8 cm³/mol. The minimum absolute atomic E-state index is 0. The lowest BCUT2D eigenvalue weighted by molar-refractivity contribution is -0.853. The number of unbranched alkanes of at least 4 members (excludes halogenated alkanes) is 4. The molecular weight excluding hydrogens is 272 g/mol. The summed E-state index contributed by atoms with van der Waals surface area (Å²) in [6.07, 6.45) is 7.64. The first kappa shape index (κ1) is 21.8. The summed E-state index contributed by atoms with van der Waals surface area (Å²) in [6, 6.07) is 0. The molecule has 20 heavy (non-hydrogen) atoms. The van der Waals surface area contributed by atoms with Gasteiger partial charge in [0.1, 0.15) is 12.1 Å². The second-order valence-corrected chi connectivity index (χ2v) is 5.92. The quantitative estimate of drug-likeness (QED) is 0.436. The van der Waals surface area contributed by atoms with Crippen molar-refractivity contribution in [1.29, 1.82) is 0 Å². The smallest absolute Gasteiger partial charge is 0.229 e. The molecule has 3 nitrogen and oxygen atoms in total. The number of nitrogens with zero attached hydrogens (tertiary/aromatic N) is 1. The number of rotatable bonds is 11. The molecule has 1 amide bonds. The molecule has 4 heteroatoms. The number of hydrogen-bond donors (Lipinski definition) is 1. The van der Waals surface area contributed by atoms with E-state index in [1.54, 1.807) is 0 Å². The summed E-state index contributed by atoms with van der Waals surface area (Å²) in [6.45, 7) is 10.3. The molecule has 0 aliphatic rings. The third-order valence-corrected chi connectivity index (χ3v) is 3.64. The molecule has 0 spiro atoms. The average Bonchev–Trinajstić information content (AvgIpc) is 2.35. The van der Waals surface area contributed by atoms with Gasteiger partial charge in [0.2, 0.25) is 5.91 Å². The van der Waals surface area contributed by atoms with E-state index < -0.39 is 0 Å². The SMILES string of the molecule is C=C(CC(=O)NCCCC)[N+](C)(C)CCCCCC.[Cl-]. The predicted octanol–water partition coefficient (Wildman–Crippen LogP) is 0.467.